The van der Waals surface area contributed by atoms with Gasteiger partial charge in [-0.1, -0.05) is 30.7 Å². The molecule has 2 heteroatoms. The van der Waals surface area contributed by atoms with E-state index in [2.05, 4.69) is 24.3 Å². The largest absolute Gasteiger partial charge is 0.309 e. The van der Waals surface area contributed by atoms with Crippen LogP contribution in [-0.4, -0.2) is 11.5 Å². The Morgan fingerprint density at radius 2 is 1.67 bits per heavy atom. The maximum Gasteiger partial charge on any atom is 0.129 e. The second-order valence-electron chi connectivity index (χ2n) is 6.63. The van der Waals surface area contributed by atoms with Gasteiger partial charge in [-0.3, -0.25) is 0 Å². The summed E-state index contributed by atoms with van der Waals surface area (Å²) in [5.74, 6) is 0.277. The van der Waals surface area contributed by atoms with E-state index in [-0.39, 0.29) is 11.2 Å². The lowest BCUT2D eigenvalue weighted by Crippen LogP contribution is -2.36. The van der Waals surface area contributed by atoms with Crippen molar-refractivity contribution in [2.75, 3.05) is 0 Å². The number of rotatable bonds is 8. The van der Waals surface area contributed by atoms with E-state index in [1.165, 1.54) is 30.4 Å². The second-order valence-corrected chi connectivity index (χ2v) is 6.63. The van der Waals surface area contributed by atoms with Gasteiger partial charge in [-0.15, -0.1) is 0 Å². The van der Waals surface area contributed by atoms with E-state index in [4.69, 9.17) is 5.41 Å². The molecular formula is C19H27NO. The summed E-state index contributed by atoms with van der Waals surface area (Å²) < 4.78 is 0. The van der Waals surface area contributed by atoms with Crippen LogP contribution in [0.1, 0.15) is 63.5 Å². The minimum Gasteiger partial charge on any atom is -0.309 e. The smallest absolute Gasteiger partial charge is 0.129 e. The first-order chi connectivity index (χ1) is 10.0. The topological polar surface area (TPSA) is 40.9 Å². The fraction of sp³-hybridized carbons (Fsp3) is 0.579. The Kier molecular flexibility index (Phi) is 5.33. The highest BCUT2D eigenvalue weighted by atomic mass is 16.1. The van der Waals surface area contributed by atoms with E-state index in [9.17, 15) is 4.79 Å². The van der Waals surface area contributed by atoms with Crippen LogP contribution in [0.5, 0.6) is 0 Å². The van der Waals surface area contributed by atoms with Crippen molar-refractivity contribution in [3.63, 3.8) is 0 Å². The molecule has 0 aromatic heterocycles. The van der Waals surface area contributed by atoms with E-state index < -0.39 is 0 Å². The molecule has 1 aliphatic carbocycles. The molecule has 0 unspecified atom stereocenters. The minimum absolute atomic E-state index is 0.208. The second kappa shape index (κ2) is 7.02. The number of hydrogen-bond donors (Lipinski definition) is 1. The van der Waals surface area contributed by atoms with Crippen molar-refractivity contribution >= 4 is 11.5 Å². The lowest BCUT2D eigenvalue weighted by atomic mass is 9.63. The van der Waals surface area contributed by atoms with Crippen LogP contribution in [0.2, 0.25) is 0 Å². The zero-order chi connectivity index (χ0) is 15.3. The number of benzene rings is 1. The van der Waals surface area contributed by atoms with Gasteiger partial charge in [0.2, 0.25) is 0 Å². The lowest BCUT2D eigenvalue weighted by Gasteiger charge is -2.41. The SMILES string of the molecule is CC(=N)C1(CCc2ccc(CCCC(C)=O)cc2)CCC1. The van der Waals surface area contributed by atoms with Gasteiger partial charge in [0.15, 0.2) is 0 Å². The van der Waals surface area contributed by atoms with Gasteiger partial charge in [0.25, 0.3) is 0 Å². The lowest BCUT2D eigenvalue weighted by molar-refractivity contribution is -0.117. The van der Waals surface area contributed by atoms with Crippen LogP contribution in [0.4, 0.5) is 0 Å². The van der Waals surface area contributed by atoms with E-state index in [1.807, 2.05) is 6.92 Å². The molecule has 0 aliphatic heterocycles. The van der Waals surface area contributed by atoms with Gasteiger partial charge in [0.1, 0.15) is 5.78 Å². The third kappa shape index (κ3) is 4.26. The summed E-state index contributed by atoms with van der Waals surface area (Å²) in [5, 5.41) is 7.98. The van der Waals surface area contributed by atoms with Crippen molar-refractivity contribution in [3.8, 4) is 0 Å². The van der Waals surface area contributed by atoms with Crippen molar-refractivity contribution < 1.29 is 4.79 Å². The van der Waals surface area contributed by atoms with Crippen LogP contribution in [0.15, 0.2) is 24.3 Å². The summed E-state index contributed by atoms with van der Waals surface area (Å²) >= 11 is 0. The molecule has 21 heavy (non-hydrogen) atoms. The number of hydrogen-bond acceptors (Lipinski definition) is 2. The van der Waals surface area contributed by atoms with Crippen molar-refractivity contribution in [3.05, 3.63) is 35.4 Å². The molecule has 0 saturated heterocycles. The van der Waals surface area contributed by atoms with Crippen LogP contribution in [0.25, 0.3) is 0 Å². The Hall–Kier alpha value is -1.44. The number of aryl methyl sites for hydroxylation is 2. The Morgan fingerprint density at radius 1 is 1.10 bits per heavy atom. The zero-order valence-corrected chi connectivity index (χ0v) is 13.4. The van der Waals surface area contributed by atoms with Crippen LogP contribution < -0.4 is 0 Å². The normalized spacial score (nSPS) is 16.3. The number of nitrogens with one attached hydrogen (secondary N) is 1. The third-order valence-electron chi connectivity index (χ3n) is 5.02. The quantitative estimate of drug-likeness (QED) is 0.688. The molecule has 1 fully saturated rings. The van der Waals surface area contributed by atoms with Crippen LogP contribution >= 0.6 is 0 Å². The molecule has 1 N–H and O–H groups in total. The van der Waals surface area contributed by atoms with E-state index in [1.54, 1.807) is 6.92 Å². The molecule has 2 rings (SSSR count). The Labute approximate surface area is 128 Å². The minimum atomic E-state index is 0.208. The molecule has 2 nitrogen and oxygen atoms in total. The van der Waals surface area contributed by atoms with Crippen LogP contribution in [0, 0.1) is 10.8 Å². The molecule has 0 spiro atoms. The predicted octanol–water partition coefficient (Wildman–Crippen LogP) is 4.74. The highest BCUT2D eigenvalue weighted by Crippen LogP contribution is 2.45. The van der Waals surface area contributed by atoms with Crippen LogP contribution in [0.3, 0.4) is 0 Å². The van der Waals surface area contributed by atoms with Gasteiger partial charge in [0.05, 0.1) is 0 Å². The van der Waals surface area contributed by atoms with Gasteiger partial charge >= 0.3 is 0 Å². The fourth-order valence-electron chi connectivity index (χ4n) is 3.21. The summed E-state index contributed by atoms with van der Waals surface area (Å²) in [4.78, 5) is 10.9. The van der Waals surface area contributed by atoms with Gasteiger partial charge in [-0.05, 0) is 63.5 Å². The van der Waals surface area contributed by atoms with Gasteiger partial charge < -0.3 is 10.2 Å². The number of carbonyl (C=O) groups is 1. The Morgan fingerprint density at radius 3 is 2.10 bits per heavy atom. The maximum atomic E-state index is 10.9. The van der Waals surface area contributed by atoms with Crippen molar-refractivity contribution in [1.82, 2.24) is 0 Å². The molecule has 1 saturated carbocycles. The molecule has 1 aromatic carbocycles. The molecule has 1 aliphatic rings. The average molecular weight is 285 g/mol. The third-order valence-corrected chi connectivity index (χ3v) is 5.02. The number of Topliss-reactive ketones (excluding diaryl/α,β-unsaturated/α-hetero) is 1. The first-order valence-corrected chi connectivity index (χ1v) is 8.15. The molecular weight excluding hydrogens is 258 g/mol. The van der Waals surface area contributed by atoms with Gasteiger partial charge in [-0.25, -0.2) is 0 Å². The highest BCUT2D eigenvalue weighted by Gasteiger charge is 2.38. The zero-order valence-electron chi connectivity index (χ0n) is 13.4. The molecule has 0 bridgehead atoms. The Balaban J connectivity index is 1.82. The van der Waals surface area contributed by atoms with Crippen molar-refractivity contribution in [2.24, 2.45) is 5.41 Å². The summed E-state index contributed by atoms with van der Waals surface area (Å²) in [7, 11) is 0. The molecule has 0 amide bonds. The number of carbonyl (C=O) groups excluding carboxylic acids is 1. The van der Waals surface area contributed by atoms with Gasteiger partial charge in [-0.2, -0.15) is 0 Å². The molecule has 1 aromatic rings. The predicted molar refractivity (Wildman–Crippen MR) is 88.1 cm³/mol. The van der Waals surface area contributed by atoms with Crippen molar-refractivity contribution in [1.29, 1.82) is 5.41 Å². The van der Waals surface area contributed by atoms with E-state index in [0.717, 1.165) is 31.4 Å². The average Bonchev–Trinajstić information content (AvgIpc) is 2.38. The van der Waals surface area contributed by atoms with E-state index >= 15 is 0 Å². The first-order valence-electron chi connectivity index (χ1n) is 8.15. The monoisotopic (exact) mass is 285 g/mol. The molecule has 0 radical (unpaired) electrons. The summed E-state index contributed by atoms with van der Waals surface area (Å²) in [6.45, 7) is 3.63. The Bertz CT molecular complexity index is 497. The fourth-order valence-corrected chi connectivity index (χ4v) is 3.21. The summed E-state index contributed by atoms with van der Waals surface area (Å²) in [6.07, 6.45) is 8.50. The van der Waals surface area contributed by atoms with Crippen molar-refractivity contribution in [2.45, 2.75) is 65.2 Å². The first kappa shape index (κ1) is 15.9. The highest BCUT2D eigenvalue weighted by molar-refractivity contribution is 5.85. The maximum absolute atomic E-state index is 10.9. The molecule has 114 valence electrons. The van der Waals surface area contributed by atoms with Crippen LogP contribution in [-0.2, 0) is 17.6 Å². The number of ketones is 1. The van der Waals surface area contributed by atoms with Gasteiger partial charge in [0, 0.05) is 17.5 Å². The molecule has 0 heterocycles. The molecule has 0 atom stereocenters. The van der Waals surface area contributed by atoms with E-state index in [0.29, 0.717) is 6.42 Å². The summed E-state index contributed by atoms with van der Waals surface area (Å²) in [6, 6.07) is 8.82. The standard InChI is InChI=1S/C19H27NO/c1-15(21)5-3-6-17-7-9-18(10-8-17)11-14-19(16(2)20)12-4-13-19/h7-10,20H,3-6,11-14H2,1-2H3. The summed E-state index contributed by atoms with van der Waals surface area (Å²) in [5.41, 5.74) is 3.77.